The first-order chi connectivity index (χ1) is 23.2. The Morgan fingerprint density at radius 2 is 1.32 bits per heavy atom. The van der Waals surface area contributed by atoms with Crippen LogP contribution >= 0.6 is 0 Å². The van der Waals surface area contributed by atoms with Crippen molar-refractivity contribution in [2.75, 3.05) is 0 Å². The topological polar surface area (TPSA) is 51.3 Å². The van der Waals surface area contributed by atoms with Crippen molar-refractivity contribution in [2.45, 2.75) is 0 Å². The van der Waals surface area contributed by atoms with E-state index in [1.807, 2.05) is 30.3 Å². The fraction of sp³-hybridized carbons (Fsp3) is 0. The Morgan fingerprint density at radius 3 is 2.09 bits per heavy atom. The van der Waals surface area contributed by atoms with Gasteiger partial charge in [0.2, 0.25) is 0 Å². The quantitative estimate of drug-likeness (QED) is 0.146. The lowest BCUT2D eigenvalue weighted by Crippen LogP contribution is -1.91. The van der Waals surface area contributed by atoms with Crippen LogP contribution in [0.3, 0.4) is 0 Å². The van der Waals surface area contributed by atoms with Gasteiger partial charge in [-0.15, -0.1) is 0 Å². The average molecular weight is 602 g/mol. The molecule has 0 atom stereocenters. The third-order valence-corrected chi connectivity index (χ3v) is 9.17. The van der Waals surface area contributed by atoms with E-state index in [2.05, 4.69) is 126 Å². The highest BCUT2D eigenvalue weighted by Gasteiger charge is 2.17. The van der Waals surface area contributed by atoms with E-state index in [1.165, 1.54) is 0 Å². The third-order valence-electron chi connectivity index (χ3n) is 9.17. The number of rotatable bonds is 5. The highest BCUT2D eigenvalue weighted by atomic mass is 16.3. The smallest absolute Gasteiger partial charge is 0.144 e. The summed E-state index contributed by atoms with van der Waals surface area (Å²) in [4.78, 5) is 14.0. The molecule has 0 N–H and O–H groups in total. The normalized spacial score (nSPS) is 11.6. The van der Waals surface area contributed by atoms with Gasteiger partial charge in [-0.25, -0.2) is 4.98 Å². The molecule has 6 aromatic carbocycles. The molecule has 3 heterocycles. The number of benzene rings is 6. The summed E-state index contributed by atoms with van der Waals surface area (Å²) in [5.74, 6) is 0. The van der Waals surface area contributed by atoms with E-state index >= 15 is 0 Å². The first-order valence-corrected chi connectivity index (χ1v) is 15.6. The maximum absolute atomic E-state index is 6.49. The van der Waals surface area contributed by atoms with E-state index in [-0.39, 0.29) is 0 Å². The van der Waals surface area contributed by atoms with Gasteiger partial charge in [0.05, 0.1) is 22.4 Å². The number of aromatic nitrogens is 2. The van der Waals surface area contributed by atoms with Crippen LogP contribution in [-0.2, 0) is 0 Å². The second-order valence-corrected chi connectivity index (χ2v) is 11.7. The van der Waals surface area contributed by atoms with Gasteiger partial charge in [0.1, 0.15) is 11.2 Å². The van der Waals surface area contributed by atoms with Crippen molar-refractivity contribution in [1.82, 2.24) is 9.97 Å². The van der Waals surface area contributed by atoms with E-state index in [0.29, 0.717) is 0 Å². The molecule has 0 aliphatic carbocycles. The fourth-order valence-corrected chi connectivity index (χ4v) is 6.93. The molecular weight excluding hydrogens is 574 g/mol. The average Bonchev–Trinajstić information content (AvgIpc) is 3.52. The summed E-state index contributed by atoms with van der Waals surface area (Å²) in [5.41, 5.74) is 11.6. The van der Waals surface area contributed by atoms with Gasteiger partial charge in [0.25, 0.3) is 0 Å². The van der Waals surface area contributed by atoms with E-state index in [0.717, 1.165) is 99.3 Å². The van der Waals surface area contributed by atoms with E-state index in [9.17, 15) is 0 Å². The number of pyridine rings is 2. The Labute approximate surface area is 271 Å². The number of para-hydroxylation sites is 2. The van der Waals surface area contributed by atoms with Crippen molar-refractivity contribution >= 4 is 73.0 Å². The minimum Gasteiger partial charge on any atom is -0.455 e. The van der Waals surface area contributed by atoms with Crippen LogP contribution in [0.5, 0.6) is 0 Å². The minimum atomic E-state index is 0.753. The van der Waals surface area contributed by atoms with Gasteiger partial charge >= 0.3 is 0 Å². The van der Waals surface area contributed by atoms with Crippen LogP contribution in [0.15, 0.2) is 150 Å². The fourth-order valence-electron chi connectivity index (χ4n) is 6.93. The molecule has 9 rings (SSSR count). The molecule has 220 valence electrons. The molecule has 0 amide bonds. The van der Waals surface area contributed by atoms with Gasteiger partial charge < -0.3 is 4.42 Å². The molecule has 9 aromatic rings. The van der Waals surface area contributed by atoms with Crippen LogP contribution in [0.1, 0.15) is 5.56 Å². The van der Waals surface area contributed by atoms with Gasteiger partial charge in [0, 0.05) is 49.6 Å². The predicted molar refractivity (Wildman–Crippen MR) is 197 cm³/mol. The van der Waals surface area contributed by atoms with Crippen molar-refractivity contribution in [3.05, 3.63) is 146 Å². The zero-order valence-electron chi connectivity index (χ0n) is 25.4. The maximum Gasteiger partial charge on any atom is 0.144 e. The molecule has 0 aliphatic heterocycles. The zero-order chi connectivity index (χ0) is 31.5. The lowest BCUT2D eigenvalue weighted by Gasteiger charge is -2.13. The van der Waals surface area contributed by atoms with E-state index in [4.69, 9.17) is 9.40 Å². The molecule has 0 fully saturated rings. The molecule has 47 heavy (non-hydrogen) atoms. The summed E-state index contributed by atoms with van der Waals surface area (Å²) < 4.78 is 6.49. The summed E-state index contributed by atoms with van der Waals surface area (Å²) in [7, 11) is 0. The van der Waals surface area contributed by atoms with Crippen LogP contribution in [-0.4, -0.2) is 16.7 Å². The van der Waals surface area contributed by atoms with Crippen LogP contribution < -0.4 is 0 Å². The van der Waals surface area contributed by atoms with Crippen molar-refractivity contribution in [1.29, 1.82) is 0 Å². The van der Waals surface area contributed by atoms with Crippen molar-refractivity contribution in [3.8, 4) is 33.5 Å². The number of aliphatic imine (C=N–C) groups is 1. The lowest BCUT2D eigenvalue weighted by atomic mass is 9.93. The SMILES string of the molecule is C=Cc1c(-c2ccc(-c3ccc(-c4nc5ccccc5c5c4ccc4c6ccccc6oc45)cc3)cc2)cc2cccnc2c1N=C. The molecule has 0 saturated carbocycles. The minimum absolute atomic E-state index is 0.753. The Kier molecular flexibility index (Phi) is 6.09. The molecule has 3 aromatic heterocycles. The molecule has 4 heteroatoms. The number of furan rings is 1. The van der Waals surface area contributed by atoms with Gasteiger partial charge in [-0.3, -0.25) is 9.98 Å². The Bertz CT molecular complexity index is 2700. The summed E-state index contributed by atoms with van der Waals surface area (Å²) in [6.45, 7) is 7.88. The van der Waals surface area contributed by atoms with Crippen LogP contribution in [0.2, 0.25) is 0 Å². The molecule has 0 bridgehead atoms. The van der Waals surface area contributed by atoms with Crippen LogP contribution in [0.25, 0.3) is 94.1 Å². The highest BCUT2D eigenvalue weighted by Crippen LogP contribution is 2.41. The van der Waals surface area contributed by atoms with Gasteiger partial charge in [-0.1, -0.05) is 110 Å². The van der Waals surface area contributed by atoms with Crippen LogP contribution in [0.4, 0.5) is 5.69 Å². The molecule has 0 unspecified atom stereocenters. The number of fused-ring (bicyclic) bond motifs is 8. The molecule has 0 spiro atoms. The molecule has 0 aliphatic rings. The largest absolute Gasteiger partial charge is 0.455 e. The monoisotopic (exact) mass is 601 g/mol. The summed E-state index contributed by atoms with van der Waals surface area (Å²) in [6.07, 6.45) is 3.62. The standard InChI is InChI=1S/C43H27N3O/c1-3-31-36(25-30-9-8-24-45-41(30)42(31)44-2)28-18-14-26(15-19-28)27-16-20-29(21-17-27)40-35-23-22-33-32-10-5-7-13-38(32)47-43(33)39(35)34-11-4-6-12-37(34)46-40/h3-25H,1-2H2. The van der Waals surface area contributed by atoms with Crippen LogP contribution in [0, 0.1) is 0 Å². The highest BCUT2D eigenvalue weighted by molar-refractivity contribution is 6.24. The summed E-state index contributed by atoms with van der Waals surface area (Å²) >= 11 is 0. The maximum atomic E-state index is 6.49. The first kappa shape index (κ1) is 27.0. The molecule has 0 saturated heterocycles. The van der Waals surface area contributed by atoms with Crippen molar-refractivity contribution < 1.29 is 4.42 Å². The van der Waals surface area contributed by atoms with Gasteiger partial charge in [-0.05, 0) is 59.3 Å². The lowest BCUT2D eigenvalue weighted by molar-refractivity contribution is 0.673. The van der Waals surface area contributed by atoms with Gasteiger partial charge in [0.15, 0.2) is 0 Å². The van der Waals surface area contributed by atoms with Gasteiger partial charge in [-0.2, -0.15) is 0 Å². The number of hydrogen-bond donors (Lipinski definition) is 0. The van der Waals surface area contributed by atoms with Crippen molar-refractivity contribution in [3.63, 3.8) is 0 Å². The summed E-state index contributed by atoms with van der Waals surface area (Å²) in [5, 5.41) is 6.52. The Balaban J connectivity index is 1.13. The number of nitrogens with zero attached hydrogens (tertiary/aromatic N) is 3. The zero-order valence-corrected chi connectivity index (χ0v) is 25.4. The number of hydrogen-bond acceptors (Lipinski definition) is 4. The molecular formula is C43H27N3O. The summed E-state index contributed by atoms with van der Waals surface area (Å²) in [6, 6.07) is 44.3. The molecule has 0 radical (unpaired) electrons. The predicted octanol–water partition coefficient (Wildman–Crippen LogP) is 11.8. The third kappa shape index (κ3) is 4.19. The molecule has 4 nitrogen and oxygen atoms in total. The second-order valence-electron chi connectivity index (χ2n) is 11.7. The first-order valence-electron chi connectivity index (χ1n) is 15.6. The Morgan fingerprint density at radius 1 is 0.638 bits per heavy atom. The van der Waals surface area contributed by atoms with E-state index < -0.39 is 0 Å². The Hall–Kier alpha value is -6.39. The van der Waals surface area contributed by atoms with E-state index in [1.54, 1.807) is 6.20 Å². The van der Waals surface area contributed by atoms with Crippen molar-refractivity contribution in [2.24, 2.45) is 4.99 Å². The second kappa shape index (κ2) is 10.6.